The van der Waals surface area contributed by atoms with E-state index in [1.807, 2.05) is 0 Å². The summed E-state index contributed by atoms with van der Waals surface area (Å²) in [6.07, 6.45) is -2.90. The average molecular weight is 379 g/mol. The SMILES string of the molecule is Cc1cc(NC(=O)CCc2c(C)nc3nc(C(F)(F)F)nn3c2C)ncn1. The highest BCUT2D eigenvalue weighted by Gasteiger charge is 2.36. The van der Waals surface area contributed by atoms with Crippen molar-refractivity contribution in [2.45, 2.75) is 39.8 Å². The van der Waals surface area contributed by atoms with Crippen LogP contribution in [0.15, 0.2) is 12.4 Å². The fourth-order valence-electron chi connectivity index (χ4n) is 2.66. The van der Waals surface area contributed by atoms with Crippen molar-refractivity contribution in [1.82, 2.24) is 29.5 Å². The van der Waals surface area contributed by atoms with Gasteiger partial charge in [-0.05, 0) is 32.8 Å². The first kappa shape index (κ1) is 18.7. The normalized spacial score (nSPS) is 11.8. The Kier molecular flexibility index (Phi) is 4.77. The van der Waals surface area contributed by atoms with Crippen LogP contribution >= 0.6 is 0 Å². The van der Waals surface area contributed by atoms with Crippen molar-refractivity contribution in [1.29, 1.82) is 0 Å². The van der Waals surface area contributed by atoms with Crippen molar-refractivity contribution in [3.05, 3.63) is 40.9 Å². The van der Waals surface area contributed by atoms with E-state index in [1.54, 1.807) is 26.8 Å². The third-order valence-electron chi connectivity index (χ3n) is 3.98. The topological polar surface area (TPSA) is 98.0 Å². The van der Waals surface area contributed by atoms with Crippen LogP contribution in [-0.2, 0) is 17.4 Å². The van der Waals surface area contributed by atoms with Gasteiger partial charge in [-0.3, -0.25) is 4.79 Å². The monoisotopic (exact) mass is 379 g/mol. The summed E-state index contributed by atoms with van der Waals surface area (Å²) in [7, 11) is 0. The number of anilines is 1. The van der Waals surface area contributed by atoms with E-state index < -0.39 is 12.0 Å². The van der Waals surface area contributed by atoms with Crippen molar-refractivity contribution in [2.24, 2.45) is 0 Å². The van der Waals surface area contributed by atoms with Gasteiger partial charge in [-0.15, -0.1) is 5.10 Å². The quantitative estimate of drug-likeness (QED) is 0.748. The van der Waals surface area contributed by atoms with E-state index in [0.29, 0.717) is 28.5 Å². The van der Waals surface area contributed by atoms with Crippen LogP contribution in [0, 0.1) is 20.8 Å². The minimum absolute atomic E-state index is 0.110. The lowest BCUT2D eigenvalue weighted by atomic mass is 10.1. The smallest absolute Gasteiger partial charge is 0.311 e. The van der Waals surface area contributed by atoms with Gasteiger partial charge in [-0.1, -0.05) is 0 Å². The molecule has 0 atom stereocenters. The molecule has 11 heteroatoms. The van der Waals surface area contributed by atoms with Crippen LogP contribution in [0.5, 0.6) is 0 Å². The zero-order valence-electron chi connectivity index (χ0n) is 14.8. The van der Waals surface area contributed by atoms with Crippen LogP contribution in [0.2, 0.25) is 0 Å². The van der Waals surface area contributed by atoms with Gasteiger partial charge in [0, 0.05) is 29.6 Å². The number of hydrogen-bond acceptors (Lipinski definition) is 6. The molecular weight excluding hydrogens is 363 g/mol. The predicted molar refractivity (Wildman–Crippen MR) is 89.0 cm³/mol. The van der Waals surface area contributed by atoms with E-state index in [4.69, 9.17) is 0 Å². The standard InChI is InChI=1S/C16H16F3N7O/c1-8-6-12(21-7-20-8)23-13(27)5-4-11-9(2)22-15-24-14(16(17,18)19)25-26(15)10(11)3/h6-7H,4-5H2,1-3H3,(H,20,21,23,27). The number of hydrogen-bond donors (Lipinski definition) is 1. The van der Waals surface area contributed by atoms with Gasteiger partial charge in [0.2, 0.25) is 5.91 Å². The Morgan fingerprint density at radius 1 is 1.19 bits per heavy atom. The van der Waals surface area contributed by atoms with Gasteiger partial charge in [0.05, 0.1) is 0 Å². The zero-order chi connectivity index (χ0) is 19.8. The average Bonchev–Trinajstić information content (AvgIpc) is 2.99. The maximum Gasteiger partial charge on any atom is 0.453 e. The van der Waals surface area contributed by atoms with Crippen LogP contribution in [0.3, 0.4) is 0 Å². The largest absolute Gasteiger partial charge is 0.453 e. The van der Waals surface area contributed by atoms with Crippen LogP contribution < -0.4 is 5.32 Å². The van der Waals surface area contributed by atoms with E-state index in [1.165, 1.54) is 6.33 Å². The molecule has 3 heterocycles. The molecule has 0 aliphatic carbocycles. The molecule has 0 saturated heterocycles. The highest BCUT2D eigenvalue weighted by Crippen LogP contribution is 2.27. The minimum Gasteiger partial charge on any atom is -0.311 e. The molecule has 0 spiro atoms. The van der Waals surface area contributed by atoms with Gasteiger partial charge >= 0.3 is 6.18 Å². The number of fused-ring (bicyclic) bond motifs is 1. The molecular formula is C16H16F3N7O. The number of aryl methyl sites for hydroxylation is 3. The molecule has 0 unspecified atom stereocenters. The molecule has 8 nitrogen and oxygen atoms in total. The van der Waals surface area contributed by atoms with Crippen LogP contribution in [-0.4, -0.2) is 35.5 Å². The molecule has 0 aliphatic heterocycles. The third kappa shape index (κ3) is 4.01. The summed E-state index contributed by atoms with van der Waals surface area (Å²) in [6.45, 7) is 5.06. The van der Waals surface area contributed by atoms with Gasteiger partial charge < -0.3 is 5.32 Å². The van der Waals surface area contributed by atoms with Gasteiger partial charge in [-0.25, -0.2) is 19.5 Å². The molecule has 27 heavy (non-hydrogen) atoms. The molecule has 0 radical (unpaired) electrons. The van der Waals surface area contributed by atoms with Gasteiger partial charge in [-0.2, -0.15) is 18.2 Å². The number of alkyl halides is 3. The first-order chi connectivity index (χ1) is 12.6. The first-order valence-electron chi connectivity index (χ1n) is 8.03. The Hall–Kier alpha value is -3.11. The van der Waals surface area contributed by atoms with Gasteiger partial charge in [0.1, 0.15) is 12.1 Å². The molecule has 142 valence electrons. The van der Waals surface area contributed by atoms with Crippen LogP contribution in [0.4, 0.5) is 19.0 Å². The van der Waals surface area contributed by atoms with Crippen molar-refractivity contribution < 1.29 is 18.0 Å². The van der Waals surface area contributed by atoms with Gasteiger partial charge in [0.25, 0.3) is 11.6 Å². The molecule has 0 fully saturated rings. The molecule has 3 rings (SSSR count). The fourth-order valence-corrected chi connectivity index (χ4v) is 2.66. The van der Waals surface area contributed by atoms with Crippen molar-refractivity contribution >= 4 is 17.5 Å². The molecule has 1 N–H and O–H groups in total. The number of rotatable bonds is 4. The van der Waals surface area contributed by atoms with Crippen molar-refractivity contribution in [2.75, 3.05) is 5.32 Å². The number of amides is 1. The summed E-state index contributed by atoms with van der Waals surface area (Å²) in [5.41, 5.74) is 2.33. The fraction of sp³-hybridized carbons (Fsp3) is 0.375. The summed E-state index contributed by atoms with van der Waals surface area (Å²) in [4.78, 5) is 27.6. The van der Waals surface area contributed by atoms with Crippen LogP contribution in [0.25, 0.3) is 5.78 Å². The maximum atomic E-state index is 12.8. The number of carbonyl (C=O) groups is 1. The summed E-state index contributed by atoms with van der Waals surface area (Å²) < 4.78 is 39.5. The zero-order valence-corrected chi connectivity index (χ0v) is 14.8. The van der Waals surface area contributed by atoms with Gasteiger partial charge in [0.15, 0.2) is 0 Å². The minimum atomic E-state index is -4.65. The lowest BCUT2D eigenvalue weighted by Gasteiger charge is -2.10. The third-order valence-corrected chi connectivity index (χ3v) is 3.98. The van der Waals surface area contributed by atoms with E-state index >= 15 is 0 Å². The Balaban J connectivity index is 1.79. The summed E-state index contributed by atoms with van der Waals surface area (Å²) >= 11 is 0. The van der Waals surface area contributed by atoms with E-state index in [2.05, 4.69) is 30.4 Å². The van der Waals surface area contributed by atoms with E-state index in [0.717, 1.165) is 4.52 Å². The molecule has 0 aromatic carbocycles. The summed E-state index contributed by atoms with van der Waals surface area (Å²) in [6, 6.07) is 1.64. The predicted octanol–water partition coefficient (Wildman–Crippen LogP) is 2.43. The summed E-state index contributed by atoms with van der Waals surface area (Å²) in [5, 5.41) is 6.15. The molecule has 0 bridgehead atoms. The Bertz CT molecular complexity index is 1010. The first-order valence-corrected chi connectivity index (χ1v) is 8.03. The second kappa shape index (κ2) is 6.89. The maximum absolute atomic E-state index is 12.8. The van der Waals surface area contributed by atoms with Crippen molar-refractivity contribution in [3.63, 3.8) is 0 Å². The molecule has 3 aromatic rings. The highest BCUT2D eigenvalue weighted by atomic mass is 19.4. The summed E-state index contributed by atoms with van der Waals surface area (Å²) in [5.74, 6) is -1.25. The number of nitrogens with zero attached hydrogens (tertiary/aromatic N) is 6. The van der Waals surface area contributed by atoms with Crippen LogP contribution in [0.1, 0.15) is 34.9 Å². The Morgan fingerprint density at radius 3 is 2.59 bits per heavy atom. The number of aromatic nitrogens is 6. The second-order valence-corrected chi connectivity index (χ2v) is 6.00. The molecule has 3 aromatic heterocycles. The lowest BCUT2D eigenvalue weighted by Crippen LogP contribution is -2.15. The highest BCUT2D eigenvalue weighted by molar-refractivity contribution is 5.89. The second-order valence-electron chi connectivity index (χ2n) is 6.00. The van der Waals surface area contributed by atoms with E-state index in [-0.39, 0.29) is 24.5 Å². The van der Waals surface area contributed by atoms with E-state index in [9.17, 15) is 18.0 Å². The molecule has 1 amide bonds. The number of carbonyl (C=O) groups excluding carboxylic acids is 1. The molecule has 0 aliphatic rings. The Morgan fingerprint density at radius 2 is 1.93 bits per heavy atom. The number of halogens is 3. The van der Waals surface area contributed by atoms with Crippen molar-refractivity contribution in [3.8, 4) is 0 Å². The lowest BCUT2D eigenvalue weighted by molar-refractivity contribution is -0.144. The molecule has 0 saturated carbocycles. The Labute approximate surface area is 151 Å². The number of nitrogens with one attached hydrogen (secondary N) is 1.